The van der Waals surface area contributed by atoms with Crippen LogP contribution in [0.5, 0.6) is 0 Å². The molecule has 12 heteroatoms. The lowest BCUT2D eigenvalue weighted by molar-refractivity contribution is -0.138. The molecule has 1 saturated heterocycles. The number of halogens is 4. The number of alkyl halides is 3. The average molecular weight is 511 g/mol. The van der Waals surface area contributed by atoms with Crippen LogP contribution in [-0.4, -0.2) is 54.1 Å². The van der Waals surface area contributed by atoms with E-state index < -0.39 is 41.5 Å². The van der Waals surface area contributed by atoms with E-state index >= 15 is 0 Å². The Labute approximate surface area is 203 Å². The third kappa shape index (κ3) is 4.64. The Hall–Kier alpha value is -3.34. The number of carboxylic acid groups (broad SMARTS) is 1. The highest BCUT2D eigenvalue weighted by atomic mass is 35.5. The van der Waals surface area contributed by atoms with E-state index in [9.17, 15) is 32.7 Å². The smallest absolute Gasteiger partial charge is 0.416 e. The number of anilines is 3. The highest BCUT2D eigenvalue weighted by Gasteiger charge is 2.49. The van der Waals surface area contributed by atoms with Gasteiger partial charge < -0.3 is 14.9 Å². The number of pyridine rings is 1. The van der Waals surface area contributed by atoms with E-state index in [4.69, 9.17) is 11.6 Å². The number of nitrogens with zero attached hydrogens (tertiary/aromatic N) is 4. The van der Waals surface area contributed by atoms with Crippen LogP contribution in [0.3, 0.4) is 0 Å². The van der Waals surface area contributed by atoms with Crippen molar-refractivity contribution in [3.05, 3.63) is 46.6 Å². The van der Waals surface area contributed by atoms with Gasteiger partial charge in [-0.05, 0) is 31.2 Å². The summed E-state index contributed by atoms with van der Waals surface area (Å²) in [6.45, 7) is 1.55. The molecular weight excluding hydrogens is 489 g/mol. The molecule has 186 valence electrons. The Kier molecular flexibility index (Phi) is 6.39. The van der Waals surface area contributed by atoms with Crippen LogP contribution in [0.1, 0.15) is 24.1 Å². The first-order valence-corrected chi connectivity index (χ1v) is 11.2. The molecule has 2 amide bonds. The van der Waals surface area contributed by atoms with Crippen LogP contribution >= 0.6 is 11.6 Å². The fourth-order valence-corrected chi connectivity index (χ4v) is 4.99. The summed E-state index contributed by atoms with van der Waals surface area (Å²) in [7, 11) is 1.49. The number of para-hydroxylation sites is 1. The lowest BCUT2D eigenvalue weighted by Gasteiger charge is -2.39. The Morgan fingerprint density at radius 3 is 2.63 bits per heavy atom. The molecule has 1 aromatic heterocycles. The van der Waals surface area contributed by atoms with Gasteiger partial charge in [0, 0.05) is 38.2 Å². The van der Waals surface area contributed by atoms with E-state index in [1.54, 1.807) is 23.1 Å². The molecule has 3 heterocycles. The van der Waals surface area contributed by atoms with Crippen molar-refractivity contribution < 1.29 is 32.7 Å². The number of aryl methyl sites for hydroxylation is 1. The van der Waals surface area contributed by atoms with Crippen molar-refractivity contribution >= 4 is 46.6 Å². The molecule has 1 N–H and O–H groups in total. The predicted octanol–water partition coefficient (Wildman–Crippen LogP) is 3.74. The van der Waals surface area contributed by atoms with Gasteiger partial charge in [-0.25, -0.2) is 4.98 Å². The molecule has 0 radical (unpaired) electrons. The molecule has 0 unspecified atom stereocenters. The standard InChI is InChI=1S/C23H22ClF3N4O4/c1-12-8-14(23(25,26)27)10-17(28-12)31-18(32)9-13-11-30(7-6-19(33)34)21-15(24)4-3-5-16(21)29(2)22(35)20(13)31/h3-5,8,10,13,20H,6-7,9,11H2,1-2H3,(H,33,34)/t13-,20+/m1/s1. The second kappa shape index (κ2) is 9.03. The molecule has 0 saturated carbocycles. The summed E-state index contributed by atoms with van der Waals surface area (Å²) >= 11 is 6.44. The number of hydrogen-bond acceptors (Lipinski definition) is 5. The molecular formula is C23H22ClF3N4O4. The molecule has 2 atom stereocenters. The Balaban J connectivity index is 1.82. The number of aliphatic carboxylic acids is 1. The molecule has 8 nitrogen and oxygen atoms in total. The van der Waals surface area contributed by atoms with Crippen LogP contribution in [0.25, 0.3) is 0 Å². The third-order valence-corrected chi connectivity index (χ3v) is 6.53. The minimum atomic E-state index is -4.66. The first-order valence-electron chi connectivity index (χ1n) is 10.8. The van der Waals surface area contributed by atoms with Crippen LogP contribution in [0.4, 0.5) is 30.4 Å². The fourth-order valence-electron chi connectivity index (χ4n) is 4.70. The minimum Gasteiger partial charge on any atom is -0.481 e. The summed E-state index contributed by atoms with van der Waals surface area (Å²) < 4.78 is 40.4. The van der Waals surface area contributed by atoms with Crippen LogP contribution in [0.2, 0.25) is 5.02 Å². The van der Waals surface area contributed by atoms with Crippen molar-refractivity contribution in [2.24, 2.45) is 5.92 Å². The van der Waals surface area contributed by atoms with E-state index in [2.05, 4.69) is 4.98 Å². The van der Waals surface area contributed by atoms with Crippen molar-refractivity contribution in [3.63, 3.8) is 0 Å². The van der Waals surface area contributed by atoms with E-state index in [-0.39, 0.29) is 37.4 Å². The molecule has 35 heavy (non-hydrogen) atoms. The quantitative estimate of drug-likeness (QED) is 0.673. The monoisotopic (exact) mass is 510 g/mol. The average Bonchev–Trinajstić information content (AvgIpc) is 3.09. The molecule has 2 aliphatic heterocycles. The highest BCUT2D eigenvalue weighted by Crippen LogP contribution is 2.43. The van der Waals surface area contributed by atoms with Crippen molar-refractivity contribution in [1.29, 1.82) is 0 Å². The van der Waals surface area contributed by atoms with Gasteiger partial charge in [-0.1, -0.05) is 17.7 Å². The van der Waals surface area contributed by atoms with Gasteiger partial charge in [-0.2, -0.15) is 13.2 Å². The van der Waals surface area contributed by atoms with Crippen LogP contribution in [0, 0.1) is 12.8 Å². The molecule has 0 aliphatic carbocycles. The summed E-state index contributed by atoms with van der Waals surface area (Å²) in [4.78, 5) is 46.2. The van der Waals surface area contributed by atoms with Gasteiger partial charge in [0.2, 0.25) is 11.8 Å². The zero-order valence-electron chi connectivity index (χ0n) is 18.8. The Morgan fingerprint density at radius 1 is 1.26 bits per heavy atom. The van der Waals surface area contributed by atoms with Crippen LogP contribution < -0.4 is 14.7 Å². The molecule has 0 spiro atoms. The number of aromatic nitrogens is 1. The molecule has 2 aliphatic rings. The van der Waals surface area contributed by atoms with E-state index in [1.165, 1.54) is 18.9 Å². The summed E-state index contributed by atoms with van der Waals surface area (Å²) in [5.74, 6) is -2.95. The number of benzene rings is 1. The maximum Gasteiger partial charge on any atom is 0.416 e. The second-order valence-electron chi connectivity index (χ2n) is 8.62. The fraction of sp³-hybridized carbons (Fsp3) is 0.391. The summed E-state index contributed by atoms with van der Waals surface area (Å²) in [5.41, 5.74) is -0.0523. The van der Waals surface area contributed by atoms with E-state index in [0.29, 0.717) is 16.4 Å². The Bertz CT molecular complexity index is 1210. The topological polar surface area (TPSA) is 94.0 Å². The number of rotatable bonds is 4. The summed E-state index contributed by atoms with van der Waals surface area (Å²) in [6.07, 6.45) is -4.99. The van der Waals surface area contributed by atoms with Crippen LogP contribution in [-0.2, 0) is 20.6 Å². The Morgan fingerprint density at radius 2 is 1.97 bits per heavy atom. The van der Waals surface area contributed by atoms with Gasteiger partial charge in [0.05, 0.1) is 28.4 Å². The predicted molar refractivity (Wildman–Crippen MR) is 123 cm³/mol. The van der Waals surface area contributed by atoms with Gasteiger partial charge in [0.25, 0.3) is 0 Å². The van der Waals surface area contributed by atoms with Gasteiger partial charge >= 0.3 is 12.1 Å². The SMILES string of the molecule is Cc1cc(C(F)(F)F)cc(N2C(=O)C[C@@H]3CN(CCC(=O)O)c4c(Cl)cccc4N(C)C(=O)[C@H]32)n1. The number of amides is 2. The maximum absolute atomic E-state index is 13.6. The van der Waals surface area contributed by atoms with Gasteiger partial charge in [-0.15, -0.1) is 0 Å². The molecule has 4 rings (SSSR count). The number of hydrogen-bond donors (Lipinski definition) is 1. The van der Waals surface area contributed by atoms with Crippen molar-refractivity contribution in [3.8, 4) is 0 Å². The second-order valence-corrected chi connectivity index (χ2v) is 9.03. The zero-order valence-corrected chi connectivity index (χ0v) is 19.6. The summed E-state index contributed by atoms with van der Waals surface area (Å²) in [5, 5.41) is 9.54. The lowest BCUT2D eigenvalue weighted by Crippen LogP contribution is -2.52. The van der Waals surface area contributed by atoms with E-state index in [0.717, 1.165) is 17.0 Å². The first kappa shape index (κ1) is 24.8. The third-order valence-electron chi connectivity index (χ3n) is 6.22. The van der Waals surface area contributed by atoms with Gasteiger partial charge in [0.15, 0.2) is 0 Å². The van der Waals surface area contributed by atoms with Crippen LogP contribution in [0.15, 0.2) is 30.3 Å². The normalized spacial score (nSPS) is 20.5. The zero-order chi connectivity index (χ0) is 25.7. The van der Waals surface area contributed by atoms with Crippen molar-refractivity contribution in [2.45, 2.75) is 32.0 Å². The molecule has 1 aromatic carbocycles. The molecule has 0 bridgehead atoms. The van der Waals surface area contributed by atoms with Crippen molar-refractivity contribution in [1.82, 2.24) is 4.98 Å². The molecule has 2 aromatic rings. The maximum atomic E-state index is 13.6. The minimum absolute atomic E-state index is 0.0536. The number of carbonyl (C=O) groups is 3. The largest absolute Gasteiger partial charge is 0.481 e. The lowest BCUT2D eigenvalue weighted by atomic mass is 9.95. The van der Waals surface area contributed by atoms with Gasteiger partial charge in [-0.3, -0.25) is 19.3 Å². The highest BCUT2D eigenvalue weighted by molar-refractivity contribution is 6.34. The number of fused-ring (bicyclic) bond motifs is 2. The first-order chi connectivity index (χ1) is 16.4. The molecule has 1 fully saturated rings. The number of carbonyl (C=O) groups excluding carboxylic acids is 2. The van der Waals surface area contributed by atoms with Gasteiger partial charge in [0.1, 0.15) is 11.9 Å². The van der Waals surface area contributed by atoms with Crippen molar-refractivity contribution in [2.75, 3.05) is 34.8 Å². The summed E-state index contributed by atoms with van der Waals surface area (Å²) in [6, 6.07) is 5.41. The number of likely N-dealkylation sites (N-methyl/N-ethyl adjacent to an activating group) is 1. The number of carboxylic acids is 1. The van der Waals surface area contributed by atoms with E-state index in [1.807, 2.05) is 0 Å².